The smallest absolute Gasteiger partial charge is 0.277 e. The second-order valence-electron chi connectivity index (χ2n) is 8.57. The monoisotopic (exact) mass is 483 g/mol. The Kier molecular flexibility index (Phi) is 5.98. The van der Waals surface area contributed by atoms with Crippen molar-refractivity contribution in [3.8, 4) is 10.6 Å². The van der Waals surface area contributed by atoms with Gasteiger partial charge in [-0.15, -0.1) is 22.7 Å². The highest BCUT2D eigenvalue weighted by molar-refractivity contribution is 7.17. The number of nitrogens with two attached hydrogens (primary N) is 1. The van der Waals surface area contributed by atoms with E-state index in [0.717, 1.165) is 52.6 Å². The van der Waals surface area contributed by atoms with E-state index in [2.05, 4.69) is 14.9 Å². The van der Waals surface area contributed by atoms with Crippen LogP contribution in [0.25, 0.3) is 10.6 Å². The number of amides is 2. The minimum Gasteiger partial charge on any atom is -0.381 e. The summed E-state index contributed by atoms with van der Waals surface area (Å²) in [5.74, 6) is -0.460. The number of primary amides is 1. The van der Waals surface area contributed by atoms with E-state index in [4.69, 9.17) is 15.5 Å². The zero-order valence-corrected chi connectivity index (χ0v) is 20.1. The lowest BCUT2D eigenvalue weighted by atomic mass is 9.98. The fourth-order valence-electron chi connectivity index (χ4n) is 4.85. The molecular formula is C23H25N5O3S2. The van der Waals surface area contributed by atoms with Gasteiger partial charge in [0.15, 0.2) is 5.01 Å². The van der Waals surface area contributed by atoms with Crippen LogP contribution in [-0.2, 0) is 11.2 Å². The van der Waals surface area contributed by atoms with E-state index >= 15 is 0 Å². The van der Waals surface area contributed by atoms with Gasteiger partial charge in [0.05, 0.1) is 32.9 Å². The Bertz CT molecular complexity index is 1180. The molecule has 10 heteroatoms. The molecule has 3 aromatic heterocycles. The number of pyridine rings is 1. The van der Waals surface area contributed by atoms with Crippen molar-refractivity contribution in [2.75, 3.05) is 7.11 Å². The lowest BCUT2D eigenvalue weighted by Crippen LogP contribution is -2.48. The molecule has 2 fully saturated rings. The normalized spacial score (nSPS) is 22.0. The Hall–Kier alpha value is -2.69. The second kappa shape index (κ2) is 8.92. The van der Waals surface area contributed by atoms with E-state index in [0.29, 0.717) is 17.0 Å². The highest BCUT2D eigenvalue weighted by Crippen LogP contribution is 2.37. The molecule has 2 saturated heterocycles. The molecule has 3 atom stereocenters. The lowest BCUT2D eigenvalue weighted by Gasteiger charge is -2.38. The molecular weight excluding hydrogens is 458 g/mol. The topological polar surface area (TPSA) is 111 Å². The average Bonchev–Trinajstić information content (AvgIpc) is 3.49. The molecule has 2 aliphatic heterocycles. The Morgan fingerprint density at radius 2 is 1.97 bits per heavy atom. The number of nitrogens with zero attached hydrogens (tertiary/aromatic N) is 4. The quantitative estimate of drug-likeness (QED) is 0.575. The van der Waals surface area contributed by atoms with E-state index in [-0.39, 0.29) is 24.1 Å². The highest BCUT2D eigenvalue weighted by atomic mass is 32.1. The number of aromatic nitrogens is 3. The van der Waals surface area contributed by atoms with Gasteiger partial charge in [-0.05, 0) is 44.7 Å². The predicted molar refractivity (Wildman–Crippen MR) is 127 cm³/mol. The second-order valence-corrected chi connectivity index (χ2v) is 10.5. The van der Waals surface area contributed by atoms with Gasteiger partial charge in [0.1, 0.15) is 0 Å². The van der Waals surface area contributed by atoms with Gasteiger partial charge in [-0.25, -0.2) is 9.97 Å². The summed E-state index contributed by atoms with van der Waals surface area (Å²) in [5, 5.41) is 3.15. The maximum atomic E-state index is 13.2. The van der Waals surface area contributed by atoms with Crippen LogP contribution in [-0.4, -0.2) is 57.0 Å². The summed E-state index contributed by atoms with van der Waals surface area (Å²) in [6.07, 6.45) is 6.44. The van der Waals surface area contributed by atoms with Crippen molar-refractivity contribution in [3.05, 3.63) is 50.7 Å². The van der Waals surface area contributed by atoms with Crippen molar-refractivity contribution in [1.29, 1.82) is 0 Å². The molecule has 3 aromatic rings. The maximum Gasteiger partial charge on any atom is 0.277 e. The van der Waals surface area contributed by atoms with Crippen LogP contribution in [0, 0.1) is 6.92 Å². The molecule has 172 valence electrons. The fourth-order valence-corrected chi connectivity index (χ4v) is 6.60. The average molecular weight is 484 g/mol. The maximum absolute atomic E-state index is 13.2. The van der Waals surface area contributed by atoms with Crippen LogP contribution in [0.5, 0.6) is 0 Å². The summed E-state index contributed by atoms with van der Waals surface area (Å²) in [4.78, 5) is 40.9. The summed E-state index contributed by atoms with van der Waals surface area (Å²) in [6, 6.07) is 4.30. The predicted octanol–water partition coefficient (Wildman–Crippen LogP) is 3.44. The molecule has 5 heterocycles. The van der Waals surface area contributed by atoms with Gasteiger partial charge in [-0.1, -0.05) is 0 Å². The number of aryl methyl sites for hydroxylation is 1. The number of methoxy groups -OCH3 is 1. The van der Waals surface area contributed by atoms with Gasteiger partial charge < -0.3 is 15.4 Å². The number of thiazole rings is 2. The third-order valence-corrected chi connectivity index (χ3v) is 8.50. The summed E-state index contributed by atoms with van der Waals surface area (Å²) in [7, 11) is 1.76. The SMILES string of the molecule is COC1C[C@H]2CC[C@@H](C1)N2C(=O)c1ccc(Cc2nc(-c3sc(C(N)=O)nc3C)cs2)nc1. The minimum absolute atomic E-state index is 0.0681. The number of carbonyl (C=O) groups excluding carboxylic acids is 2. The fraction of sp³-hybridized carbons (Fsp3) is 0.435. The molecule has 0 radical (unpaired) electrons. The van der Waals surface area contributed by atoms with Crippen LogP contribution >= 0.6 is 22.7 Å². The van der Waals surface area contributed by atoms with Crippen molar-refractivity contribution in [1.82, 2.24) is 19.9 Å². The molecule has 33 heavy (non-hydrogen) atoms. The zero-order valence-electron chi connectivity index (χ0n) is 18.5. The van der Waals surface area contributed by atoms with Crippen molar-refractivity contribution < 1.29 is 14.3 Å². The standard InChI is InChI=1S/C23H25N5O3S2/c1-12-20(33-22(26-12)21(24)29)18-11-32-19(27-18)7-14-4-3-13(10-25-14)23(30)28-15-5-6-16(28)9-17(8-15)31-2/h3-4,10-11,15-17H,5-9H2,1-2H3,(H2,24,29)/t15-,16+,17?. The first-order valence-electron chi connectivity index (χ1n) is 10.9. The van der Waals surface area contributed by atoms with Gasteiger partial charge in [0, 0.05) is 42.9 Å². The summed E-state index contributed by atoms with van der Waals surface area (Å²) in [5.41, 5.74) is 8.36. The third-order valence-electron chi connectivity index (χ3n) is 6.45. The van der Waals surface area contributed by atoms with Crippen LogP contribution in [0.3, 0.4) is 0 Å². The van der Waals surface area contributed by atoms with Crippen LogP contribution in [0.4, 0.5) is 0 Å². The van der Waals surface area contributed by atoms with E-state index in [9.17, 15) is 9.59 Å². The van der Waals surface area contributed by atoms with Gasteiger partial charge in [0.2, 0.25) is 0 Å². The number of hydrogen-bond donors (Lipinski definition) is 1. The molecule has 0 aliphatic carbocycles. The Labute approximate surface area is 199 Å². The molecule has 2 N–H and O–H groups in total. The van der Waals surface area contributed by atoms with E-state index < -0.39 is 5.91 Å². The molecule has 2 aliphatic rings. The molecule has 2 amide bonds. The van der Waals surface area contributed by atoms with Crippen molar-refractivity contribution >= 4 is 34.5 Å². The Morgan fingerprint density at radius 3 is 2.58 bits per heavy atom. The first-order chi connectivity index (χ1) is 15.9. The highest BCUT2D eigenvalue weighted by Gasteiger charge is 2.43. The van der Waals surface area contributed by atoms with Gasteiger partial charge in [-0.3, -0.25) is 14.6 Å². The van der Waals surface area contributed by atoms with Crippen molar-refractivity contribution in [2.45, 2.75) is 57.2 Å². The van der Waals surface area contributed by atoms with E-state index in [1.807, 2.05) is 24.4 Å². The molecule has 0 aromatic carbocycles. The Morgan fingerprint density at radius 1 is 1.21 bits per heavy atom. The van der Waals surface area contributed by atoms with E-state index in [1.165, 1.54) is 22.7 Å². The van der Waals surface area contributed by atoms with Crippen LogP contribution in [0.1, 0.15) is 62.2 Å². The first kappa shape index (κ1) is 22.1. The van der Waals surface area contributed by atoms with Crippen molar-refractivity contribution in [3.63, 3.8) is 0 Å². The first-order valence-corrected chi connectivity index (χ1v) is 12.6. The van der Waals surface area contributed by atoms with E-state index in [1.54, 1.807) is 13.3 Å². The molecule has 0 spiro atoms. The van der Waals surface area contributed by atoms with Crippen molar-refractivity contribution in [2.24, 2.45) is 5.73 Å². The zero-order chi connectivity index (χ0) is 23.1. The van der Waals surface area contributed by atoms with Crippen LogP contribution in [0.15, 0.2) is 23.7 Å². The molecule has 2 bridgehead atoms. The number of fused-ring (bicyclic) bond motifs is 2. The summed E-state index contributed by atoms with van der Waals surface area (Å²) < 4.78 is 5.55. The summed E-state index contributed by atoms with van der Waals surface area (Å²) >= 11 is 2.79. The number of rotatable bonds is 6. The molecule has 0 saturated carbocycles. The third kappa shape index (κ3) is 4.30. The number of hydrogen-bond acceptors (Lipinski definition) is 8. The van der Waals surface area contributed by atoms with Gasteiger partial charge in [0.25, 0.3) is 11.8 Å². The number of piperidine rings is 1. The summed E-state index contributed by atoms with van der Waals surface area (Å²) in [6.45, 7) is 1.85. The van der Waals surface area contributed by atoms with Gasteiger partial charge >= 0.3 is 0 Å². The van der Waals surface area contributed by atoms with Gasteiger partial charge in [-0.2, -0.15) is 0 Å². The van der Waals surface area contributed by atoms with Crippen LogP contribution < -0.4 is 5.73 Å². The Balaban J connectivity index is 1.27. The number of carbonyl (C=O) groups is 2. The molecule has 8 nitrogen and oxygen atoms in total. The number of ether oxygens (including phenoxy) is 1. The molecule has 5 rings (SSSR count). The molecule has 1 unspecified atom stereocenters. The minimum atomic E-state index is -0.528. The largest absolute Gasteiger partial charge is 0.381 e. The van der Waals surface area contributed by atoms with Crippen LogP contribution in [0.2, 0.25) is 0 Å². The lowest BCUT2D eigenvalue weighted by molar-refractivity contribution is 0.00820.